The molecule has 0 saturated carbocycles. The highest BCUT2D eigenvalue weighted by molar-refractivity contribution is 5.74. The minimum atomic E-state index is -0.254. The summed E-state index contributed by atoms with van der Waals surface area (Å²) in [6.45, 7) is 5.98. The average molecular weight is 317 g/mol. The molecule has 0 fully saturated rings. The SMILES string of the molecule is CO[C@@H](CNC(=O)N[C@@H](C)c1c(C)noc1C)c1ccccc1. The Balaban J connectivity index is 1.89. The predicted octanol–water partition coefficient (Wildman–Crippen LogP) is 3.04. The van der Waals surface area contributed by atoms with Gasteiger partial charge in [-0.2, -0.15) is 0 Å². The van der Waals surface area contributed by atoms with E-state index in [1.165, 1.54) is 0 Å². The molecule has 0 radical (unpaired) electrons. The summed E-state index contributed by atoms with van der Waals surface area (Å²) in [5, 5.41) is 9.63. The number of benzene rings is 1. The Morgan fingerprint density at radius 2 is 2.00 bits per heavy atom. The van der Waals surface area contributed by atoms with Crippen molar-refractivity contribution in [3.63, 3.8) is 0 Å². The van der Waals surface area contributed by atoms with Gasteiger partial charge < -0.3 is 19.9 Å². The summed E-state index contributed by atoms with van der Waals surface area (Å²) in [6.07, 6.45) is -0.184. The zero-order valence-corrected chi connectivity index (χ0v) is 13.9. The van der Waals surface area contributed by atoms with E-state index in [1.807, 2.05) is 51.1 Å². The van der Waals surface area contributed by atoms with Crippen molar-refractivity contribution >= 4 is 6.03 Å². The van der Waals surface area contributed by atoms with Crippen LogP contribution >= 0.6 is 0 Å². The van der Waals surface area contributed by atoms with Crippen LogP contribution in [0.2, 0.25) is 0 Å². The molecule has 0 spiro atoms. The molecule has 0 unspecified atom stereocenters. The zero-order valence-electron chi connectivity index (χ0n) is 13.9. The number of carbonyl (C=O) groups is 1. The van der Waals surface area contributed by atoms with Gasteiger partial charge in [-0.25, -0.2) is 4.79 Å². The number of aromatic nitrogens is 1. The standard InChI is InChI=1S/C17H23N3O3/c1-11(16-12(2)20-23-13(16)3)19-17(21)18-10-15(22-4)14-8-6-5-7-9-14/h5-9,11,15H,10H2,1-4H3,(H2,18,19,21)/t11-,15-/m0/s1. The van der Waals surface area contributed by atoms with E-state index in [-0.39, 0.29) is 18.2 Å². The second-order valence-corrected chi connectivity index (χ2v) is 5.45. The highest BCUT2D eigenvalue weighted by atomic mass is 16.5. The van der Waals surface area contributed by atoms with E-state index in [4.69, 9.17) is 9.26 Å². The number of nitrogens with one attached hydrogen (secondary N) is 2. The van der Waals surface area contributed by atoms with E-state index in [2.05, 4.69) is 15.8 Å². The lowest BCUT2D eigenvalue weighted by atomic mass is 10.1. The minimum Gasteiger partial charge on any atom is -0.375 e. The molecule has 0 aliphatic carbocycles. The Hall–Kier alpha value is -2.34. The zero-order chi connectivity index (χ0) is 16.8. The Morgan fingerprint density at radius 3 is 2.57 bits per heavy atom. The second-order valence-electron chi connectivity index (χ2n) is 5.45. The van der Waals surface area contributed by atoms with Gasteiger partial charge >= 0.3 is 6.03 Å². The van der Waals surface area contributed by atoms with Gasteiger partial charge in [0.05, 0.1) is 17.8 Å². The van der Waals surface area contributed by atoms with Gasteiger partial charge in [0.15, 0.2) is 0 Å². The summed E-state index contributed by atoms with van der Waals surface area (Å²) >= 11 is 0. The Bertz CT molecular complexity index is 620. The van der Waals surface area contributed by atoms with E-state index in [9.17, 15) is 4.79 Å². The van der Waals surface area contributed by atoms with Crippen molar-refractivity contribution in [2.75, 3.05) is 13.7 Å². The maximum absolute atomic E-state index is 12.1. The normalized spacial score (nSPS) is 13.4. The number of amides is 2. The van der Waals surface area contributed by atoms with Crippen molar-refractivity contribution in [1.29, 1.82) is 0 Å². The number of carbonyl (C=O) groups excluding carboxylic acids is 1. The molecule has 1 heterocycles. The van der Waals surface area contributed by atoms with Crippen LogP contribution in [-0.4, -0.2) is 24.8 Å². The van der Waals surface area contributed by atoms with Crippen molar-refractivity contribution in [2.45, 2.75) is 32.9 Å². The van der Waals surface area contributed by atoms with Crippen LogP contribution in [-0.2, 0) is 4.74 Å². The van der Waals surface area contributed by atoms with Crippen LogP contribution in [0.4, 0.5) is 4.79 Å². The molecule has 2 aromatic rings. The first-order valence-electron chi connectivity index (χ1n) is 7.57. The molecule has 0 aliphatic rings. The molecule has 6 heteroatoms. The van der Waals surface area contributed by atoms with E-state index < -0.39 is 0 Å². The molecule has 2 rings (SSSR count). The monoisotopic (exact) mass is 317 g/mol. The van der Waals surface area contributed by atoms with Crippen molar-refractivity contribution in [3.8, 4) is 0 Å². The highest BCUT2D eigenvalue weighted by Crippen LogP contribution is 2.20. The third kappa shape index (κ3) is 4.32. The minimum absolute atomic E-state index is 0.182. The fourth-order valence-corrected chi connectivity index (χ4v) is 2.62. The van der Waals surface area contributed by atoms with E-state index in [0.29, 0.717) is 12.3 Å². The molecule has 2 amide bonds. The van der Waals surface area contributed by atoms with Crippen LogP contribution in [0.15, 0.2) is 34.9 Å². The van der Waals surface area contributed by atoms with E-state index in [0.717, 1.165) is 16.8 Å². The van der Waals surface area contributed by atoms with Gasteiger partial charge in [-0.3, -0.25) is 0 Å². The first-order chi connectivity index (χ1) is 11.0. The van der Waals surface area contributed by atoms with E-state index in [1.54, 1.807) is 7.11 Å². The third-order valence-electron chi connectivity index (χ3n) is 3.77. The van der Waals surface area contributed by atoms with Gasteiger partial charge in [-0.1, -0.05) is 35.5 Å². The fraction of sp³-hybridized carbons (Fsp3) is 0.412. The molecule has 1 aromatic carbocycles. The van der Waals surface area contributed by atoms with Crippen molar-refractivity contribution in [2.24, 2.45) is 0 Å². The average Bonchev–Trinajstić information content (AvgIpc) is 2.88. The van der Waals surface area contributed by atoms with Crippen LogP contribution in [0.5, 0.6) is 0 Å². The first-order valence-corrected chi connectivity index (χ1v) is 7.57. The van der Waals surface area contributed by atoms with Crippen LogP contribution in [0.3, 0.4) is 0 Å². The molecule has 2 N–H and O–H groups in total. The summed E-state index contributed by atoms with van der Waals surface area (Å²) in [5.74, 6) is 0.717. The molecule has 2 atom stereocenters. The summed E-state index contributed by atoms with van der Waals surface area (Å²) < 4.78 is 10.6. The number of methoxy groups -OCH3 is 1. The van der Waals surface area contributed by atoms with Gasteiger partial charge in [-0.05, 0) is 26.3 Å². The van der Waals surface area contributed by atoms with Gasteiger partial charge in [0.2, 0.25) is 0 Å². The summed E-state index contributed by atoms with van der Waals surface area (Å²) in [6, 6.07) is 9.35. The maximum atomic E-state index is 12.1. The van der Waals surface area contributed by atoms with Crippen molar-refractivity contribution < 1.29 is 14.1 Å². The molecular weight excluding hydrogens is 294 g/mol. The molecular formula is C17H23N3O3. The van der Waals surface area contributed by atoms with Crippen LogP contribution in [0.1, 0.15) is 41.7 Å². The number of hydrogen-bond donors (Lipinski definition) is 2. The largest absolute Gasteiger partial charge is 0.375 e. The Morgan fingerprint density at radius 1 is 1.30 bits per heavy atom. The van der Waals surface area contributed by atoms with Gasteiger partial charge in [0, 0.05) is 19.2 Å². The van der Waals surface area contributed by atoms with Crippen LogP contribution in [0.25, 0.3) is 0 Å². The summed E-state index contributed by atoms with van der Waals surface area (Å²) in [7, 11) is 1.63. The lowest BCUT2D eigenvalue weighted by Crippen LogP contribution is -2.39. The molecule has 0 saturated heterocycles. The maximum Gasteiger partial charge on any atom is 0.315 e. The quantitative estimate of drug-likeness (QED) is 0.858. The Labute approximate surface area is 136 Å². The molecule has 124 valence electrons. The topological polar surface area (TPSA) is 76.4 Å². The molecule has 0 bridgehead atoms. The third-order valence-corrected chi connectivity index (χ3v) is 3.77. The number of ether oxygens (including phenoxy) is 1. The molecule has 1 aromatic heterocycles. The lowest BCUT2D eigenvalue weighted by Gasteiger charge is -2.18. The first kappa shape index (κ1) is 17.0. The summed E-state index contributed by atoms with van der Waals surface area (Å²) in [4.78, 5) is 12.1. The Kier molecular flexibility index (Phi) is 5.76. The van der Waals surface area contributed by atoms with Crippen molar-refractivity contribution in [3.05, 3.63) is 52.9 Å². The lowest BCUT2D eigenvalue weighted by molar-refractivity contribution is 0.104. The van der Waals surface area contributed by atoms with Crippen molar-refractivity contribution in [1.82, 2.24) is 15.8 Å². The molecule has 6 nitrogen and oxygen atoms in total. The van der Waals surface area contributed by atoms with Gasteiger partial charge in [0.25, 0.3) is 0 Å². The van der Waals surface area contributed by atoms with Crippen LogP contribution in [0, 0.1) is 13.8 Å². The summed E-state index contributed by atoms with van der Waals surface area (Å²) in [5.41, 5.74) is 2.72. The fourth-order valence-electron chi connectivity index (χ4n) is 2.62. The molecule has 0 aliphatic heterocycles. The number of rotatable bonds is 6. The van der Waals surface area contributed by atoms with Crippen LogP contribution < -0.4 is 10.6 Å². The number of urea groups is 1. The smallest absolute Gasteiger partial charge is 0.315 e. The molecule has 23 heavy (non-hydrogen) atoms. The predicted molar refractivity (Wildman–Crippen MR) is 87.1 cm³/mol. The number of hydrogen-bond acceptors (Lipinski definition) is 4. The number of aryl methyl sites for hydroxylation is 2. The number of nitrogens with zero attached hydrogens (tertiary/aromatic N) is 1. The van der Waals surface area contributed by atoms with Gasteiger partial charge in [-0.15, -0.1) is 0 Å². The van der Waals surface area contributed by atoms with E-state index >= 15 is 0 Å². The highest BCUT2D eigenvalue weighted by Gasteiger charge is 2.19. The van der Waals surface area contributed by atoms with Gasteiger partial charge in [0.1, 0.15) is 5.76 Å². The second kappa shape index (κ2) is 7.78.